The van der Waals surface area contributed by atoms with Crippen molar-refractivity contribution in [2.24, 2.45) is 5.41 Å². The van der Waals surface area contributed by atoms with E-state index < -0.39 is 17.5 Å². The Bertz CT molecular complexity index is 432. The topological polar surface area (TPSA) is 49.6 Å². The summed E-state index contributed by atoms with van der Waals surface area (Å²) in [5, 5.41) is 8.96. The summed E-state index contributed by atoms with van der Waals surface area (Å²) in [6.45, 7) is 0. The highest BCUT2D eigenvalue weighted by Gasteiger charge is 2.63. The maximum absolute atomic E-state index is 12.8. The Balaban J connectivity index is 2.16. The van der Waals surface area contributed by atoms with E-state index >= 15 is 0 Å². The average Bonchev–Trinajstić information content (AvgIpc) is 3.07. The fraction of sp³-hybridized carbons (Fsp3) is 0.545. The molecule has 0 radical (unpaired) electrons. The molecule has 17 heavy (non-hydrogen) atoms. The monoisotopic (exact) mass is 241 g/mol. The largest absolute Gasteiger partial charge is 0.394 e. The Morgan fingerprint density at radius 2 is 1.94 bits per heavy atom. The molecule has 0 saturated heterocycles. The molecule has 6 heteroatoms. The van der Waals surface area contributed by atoms with Crippen molar-refractivity contribution in [3.8, 4) is 6.07 Å². The minimum absolute atomic E-state index is 0.113. The van der Waals surface area contributed by atoms with Crippen LogP contribution in [0.4, 0.5) is 13.2 Å². The number of hydrogen-bond acceptors (Lipinski definition) is 3. The quantitative estimate of drug-likeness (QED) is 0.817. The van der Waals surface area contributed by atoms with Crippen LogP contribution >= 0.6 is 0 Å². The van der Waals surface area contributed by atoms with E-state index in [1.165, 1.54) is 18.7 Å². The number of aromatic nitrogens is 2. The molecule has 1 fully saturated rings. The van der Waals surface area contributed by atoms with Crippen LogP contribution in [0.5, 0.6) is 0 Å². The maximum atomic E-state index is 12.8. The number of halogens is 3. The first-order valence-electron chi connectivity index (χ1n) is 5.20. The van der Waals surface area contributed by atoms with E-state index in [-0.39, 0.29) is 19.3 Å². The van der Waals surface area contributed by atoms with Gasteiger partial charge in [-0.2, -0.15) is 18.4 Å². The van der Waals surface area contributed by atoms with Gasteiger partial charge in [0.15, 0.2) is 0 Å². The van der Waals surface area contributed by atoms with Crippen LogP contribution in [0.25, 0.3) is 0 Å². The van der Waals surface area contributed by atoms with Crippen LogP contribution in [0.2, 0.25) is 0 Å². The molecule has 0 aliphatic heterocycles. The van der Waals surface area contributed by atoms with Gasteiger partial charge in [0.2, 0.25) is 0 Å². The summed E-state index contributed by atoms with van der Waals surface area (Å²) < 4.78 is 38.3. The molecule has 1 aliphatic rings. The number of nitriles is 1. The highest BCUT2D eigenvalue weighted by Crippen LogP contribution is 2.61. The van der Waals surface area contributed by atoms with E-state index in [4.69, 9.17) is 5.26 Å². The zero-order chi connectivity index (χ0) is 12.5. The van der Waals surface area contributed by atoms with Crippen LogP contribution in [0.1, 0.15) is 30.7 Å². The van der Waals surface area contributed by atoms with E-state index in [2.05, 4.69) is 9.97 Å². The highest BCUT2D eigenvalue weighted by molar-refractivity contribution is 5.21. The first-order valence-corrected chi connectivity index (χ1v) is 5.20. The number of rotatable bonds is 3. The second kappa shape index (κ2) is 3.99. The molecule has 0 spiro atoms. The molecule has 1 aliphatic carbocycles. The van der Waals surface area contributed by atoms with Gasteiger partial charge >= 0.3 is 6.18 Å². The number of alkyl halides is 3. The average molecular weight is 241 g/mol. The molecule has 0 N–H and O–H groups in total. The first kappa shape index (κ1) is 11.8. The smallest absolute Gasteiger partial charge is 0.244 e. The van der Waals surface area contributed by atoms with E-state index in [0.29, 0.717) is 5.56 Å². The molecule has 1 aromatic heterocycles. The summed E-state index contributed by atoms with van der Waals surface area (Å²) in [4.78, 5) is 7.45. The highest BCUT2D eigenvalue weighted by atomic mass is 19.4. The second-order valence-corrected chi connectivity index (χ2v) is 4.34. The predicted octanol–water partition coefficient (Wildman–Crippen LogP) is 2.82. The lowest BCUT2D eigenvalue weighted by Crippen LogP contribution is -2.26. The van der Waals surface area contributed by atoms with Crippen LogP contribution in [-0.4, -0.2) is 16.1 Å². The van der Waals surface area contributed by atoms with Gasteiger partial charge < -0.3 is 0 Å². The summed E-state index contributed by atoms with van der Waals surface area (Å²) in [6, 6.07) is 1.91. The SMILES string of the molecule is N#CC(CC1(C(F)(F)F)CC1)c1cncnc1. The van der Waals surface area contributed by atoms with Gasteiger partial charge in [0.1, 0.15) is 6.33 Å². The molecule has 0 amide bonds. The minimum atomic E-state index is -4.22. The van der Waals surface area contributed by atoms with Crippen LogP contribution in [0.15, 0.2) is 18.7 Å². The summed E-state index contributed by atoms with van der Waals surface area (Å²) in [5.41, 5.74) is -1.21. The Labute approximate surface area is 96.3 Å². The molecule has 1 unspecified atom stereocenters. The van der Waals surface area contributed by atoms with E-state index in [1.54, 1.807) is 0 Å². The second-order valence-electron chi connectivity index (χ2n) is 4.34. The molecule has 0 aromatic carbocycles. The molecule has 1 heterocycles. The molecule has 1 aromatic rings. The van der Waals surface area contributed by atoms with Gasteiger partial charge in [0, 0.05) is 18.0 Å². The van der Waals surface area contributed by atoms with Crippen LogP contribution in [-0.2, 0) is 0 Å². The zero-order valence-corrected chi connectivity index (χ0v) is 8.91. The molecule has 0 bridgehead atoms. The number of hydrogen-bond donors (Lipinski definition) is 0. The third-order valence-electron chi connectivity index (χ3n) is 3.19. The Morgan fingerprint density at radius 1 is 1.35 bits per heavy atom. The van der Waals surface area contributed by atoms with Gasteiger partial charge in [-0.05, 0) is 19.3 Å². The van der Waals surface area contributed by atoms with Crippen molar-refractivity contribution in [1.82, 2.24) is 9.97 Å². The maximum Gasteiger partial charge on any atom is 0.394 e. The lowest BCUT2D eigenvalue weighted by molar-refractivity contribution is -0.189. The normalized spacial score (nSPS) is 19.4. The van der Waals surface area contributed by atoms with Gasteiger partial charge in [-0.15, -0.1) is 0 Å². The van der Waals surface area contributed by atoms with E-state index in [9.17, 15) is 13.2 Å². The van der Waals surface area contributed by atoms with E-state index in [0.717, 1.165) is 0 Å². The third kappa shape index (κ3) is 2.23. The van der Waals surface area contributed by atoms with Crippen molar-refractivity contribution >= 4 is 0 Å². The van der Waals surface area contributed by atoms with Crippen molar-refractivity contribution < 1.29 is 13.2 Å². The van der Waals surface area contributed by atoms with Crippen molar-refractivity contribution in [3.63, 3.8) is 0 Å². The van der Waals surface area contributed by atoms with Gasteiger partial charge in [0.05, 0.1) is 17.4 Å². The van der Waals surface area contributed by atoms with Crippen LogP contribution in [0.3, 0.4) is 0 Å². The summed E-state index contributed by atoms with van der Waals surface area (Å²) in [7, 11) is 0. The lowest BCUT2D eigenvalue weighted by atomic mass is 9.88. The standard InChI is InChI=1S/C11H10F3N3/c12-11(13,14)10(1-2-10)3-8(4-15)9-5-16-7-17-6-9/h5-8H,1-3H2. The number of nitrogens with zero attached hydrogens (tertiary/aromatic N) is 3. The van der Waals surface area contributed by atoms with Crippen LogP contribution in [0, 0.1) is 16.7 Å². The molecule has 90 valence electrons. The minimum Gasteiger partial charge on any atom is -0.244 e. The van der Waals surface area contributed by atoms with Gasteiger partial charge in [-0.3, -0.25) is 0 Å². The fourth-order valence-electron chi connectivity index (χ4n) is 1.87. The summed E-state index contributed by atoms with van der Waals surface area (Å²) in [5.74, 6) is -0.791. The summed E-state index contributed by atoms with van der Waals surface area (Å²) in [6.07, 6.45) is -0.113. The predicted molar refractivity (Wildman–Crippen MR) is 52.7 cm³/mol. The van der Waals surface area contributed by atoms with Crippen molar-refractivity contribution in [1.29, 1.82) is 5.26 Å². The molecular formula is C11H10F3N3. The van der Waals surface area contributed by atoms with Gasteiger partial charge in [-0.25, -0.2) is 9.97 Å². The molecule has 2 rings (SSSR count). The Hall–Kier alpha value is -1.64. The van der Waals surface area contributed by atoms with Crippen molar-refractivity contribution in [2.75, 3.05) is 0 Å². The van der Waals surface area contributed by atoms with Gasteiger partial charge in [0.25, 0.3) is 0 Å². The molecular weight excluding hydrogens is 231 g/mol. The van der Waals surface area contributed by atoms with Crippen LogP contribution < -0.4 is 0 Å². The summed E-state index contributed by atoms with van der Waals surface area (Å²) >= 11 is 0. The lowest BCUT2D eigenvalue weighted by Gasteiger charge is -2.21. The molecule has 1 atom stereocenters. The molecule has 1 saturated carbocycles. The van der Waals surface area contributed by atoms with Gasteiger partial charge in [-0.1, -0.05) is 0 Å². The third-order valence-corrected chi connectivity index (χ3v) is 3.19. The fourth-order valence-corrected chi connectivity index (χ4v) is 1.87. The van der Waals surface area contributed by atoms with Crippen molar-refractivity contribution in [2.45, 2.75) is 31.4 Å². The zero-order valence-electron chi connectivity index (χ0n) is 8.91. The van der Waals surface area contributed by atoms with E-state index in [1.807, 2.05) is 6.07 Å². The Kier molecular flexibility index (Phi) is 2.77. The first-order chi connectivity index (χ1) is 7.98. The Morgan fingerprint density at radius 3 is 2.35 bits per heavy atom. The molecule has 3 nitrogen and oxygen atoms in total. The van der Waals surface area contributed by atoms with Crippen molar-refractivity contribution in [3.05, 3.63) is 24.3 Å².